The molecule has 4 N–H and O–H groups in total. The molecule has 0 aliphatic carbocycles. The fourth-order valence-electron chi connectivity index (χ4n) is 0.996. The average molecular weight is 232 g/mol. The molecule has 7 heteroatoms. The van der Waals surface area contributed by atoms with E-state index in [-0.39, 0.29) is 5.56 Å². The number of aromatic hydroxyl groups is 3. The summed E-state index contributed by atoms with van der Waals surface area (Å²) in [5.74, 6) is -2.85. The van der Waals surface area contributed by atoms with Crippen LogP contribution in [0.4, 0.5) is 0 Å². The Hall–Kier alpha value is -1.73. The molecule has 1 rings (SSSR count). The molecule has 0 atom stereocenters. The van der Waals surface area contributed by atoms with Gasteiger partial charge >= 0.3 is 0 Å². The lowest BCUT2D eigenvalue weighted by molar-refractivity contribution is 0.358. The third kappa shape index (κ3) is 1.88. The fourth-order valence-corrected chi connectivity index (χ4v) is 1.61. The van der Waals surface area contributed by atoms with Crippen LogP contribution in [-0.2, 0) is 10.1 Å². The number of hydrogen-bond donors (Lipinski definition) is 4. The second-order valence-corrected chi connectivity index (χ2v) is 4.08. The zero-order valence-electron chi connectivity index (χ0n) is 7.38. The van der Waals surface area contributed by atoms with Gasteiger partial charge in [-0.15, -0.1) is 0 Å². The zero-order chi connectivity index (χ0) is 11.8. The van der Waals surface area contributed by atoms with E-state index in [1.54, 1.807) is 0 Å². The minimum atomic E-state index is -4.67. The largest absolute Gasteiger partial charge is 0.504 e. The van der Waals surface area contributed by atoms with E-state index in [4.69, 9.17) is 14.8 Å². The maximum atomic E-state index is 10.8. The first-order valence-electron chi connectivity index (χ1n) is 3.67. The minimum Gasteiger partial charge on any atom is -0.504 e. The molecule has 0 aliphatic heterocycles. The van der Waals surface area contributed by atoms with Crippen LogP contribution in [0.2, 0.25) is 0 Å². The highest BCUT2D eigenvalue weighted by Crippen LogP contribution is 2.42. The van der Waals surface area contributed by atoms with Crippen LogP contribution < -0.4 is 0 Å². The van der Waals surface area contributed by atoms with Crippen molar-refractivity contribution in [3.63, 3.8) is 0 Å². The molecule has 6 nitrogen and oxygen atoms in total. The summed E-state index contributed by atoms with van der Waals surface area (Å²) in [4.78, 5) is -0.896. The van der Waals surface area contributed by atoms with Crippen molar-refractivity contribution in [2.75, 3.05) is 0 Å². The van der Waals surface area contributed by atoms with Gasteiger partial charge in [0.15, 0.2) is 11.5 Å². The van der Waals surface area contributed by atoms with Crippen molar-refractivity contribution in [3.8, 4) is 17.2 Å². The number of benzene rings is 1. The van der Waals surface area contributed by atoms with Crippen molar-refractivity contribution < 1.29 is 28.3 Å². The molecule has 0 fully saturated rings. The first kappa shape index (κ1) is 11.3. The maximum absolute atomic E-state index is 10.8. The van der Waals surface area contributed by atoms with Crippen LogP contribution in [0.3, 0.4) is 0 Å². The van der Waals surface area contributed by atoms with Gasteiger partial charge in [0.1, 0.15) is 4.90 Å². The number of rotatable bonds is 2. The van der Waals surface area contributed by atoms with Gasteiger partial charge < -0.3 is 15.3 Å². The van der Waals surface area contributed by atoms with Crippen LogP contribution in [0.1, 0.15) is 5.56 Å². The first-order chi connectivity index (χ1) is 6.79. The lowest BCUT2D eigenvalue weighted by Gasteiger charge is -2.07. The molecule has 0 unspecified atom stereocenters. The molecule has 0 aliphatic rings. The van der Waals surface area contributed by atoms with Crippen molar-refractivity contribution in [2.45, 2.75) is 4.90 Å². The summed E-state index contributed by atoms with van der Waals surface area (Å²) in [6.45, 7) is 3.26. The van der Waals surface area contributed by atoms with Crippen LogP contribution in [0, 0.1) is 0 Å². The van der Waals surface area contributed by atoms with Gasteiger partial charge in [-0.25, -0.2) is 0 Å². The monoisotopic (exact) mass is 232 g/mol. The SMILES string of the molecule is C=Cc1cc(S(=O)(=O)O)c(O)c(O)c1O. The van der Waals surface area contributed by atoms with Crippen LogP contribution in [0.25, 0.3) is 6.08 Å². The van der Waals surface area contributed by atoms with Gasteiger partial charge in [0, 0.05) is 5.56 Å². The molecule has 0 aromatic heterocycles. The van der Waals surface area contributed by atoms with E-state index >= 15 is 0 Å². The molecule has 0 radical (unpaired) electrons. The average Bonchev–Trinajstić information content (AvgIpc) is 2.13. The normalized spacial score (nSPS) is 11.3. The summed E-state index contributed by atoms with van der Waals surface area (Å²) in [5, 5.41) is 27.5. The predicted octanol–water partition coefficient (Wildman–Crippen LogP) is 0.693. The number of phenols is 3. The summed E-state index contributed by atoms with van der Waals surface area (Å²) in [6, 6.07) is 0.784. The highest BCUT2D eigenvalue weighted by molar-refractivity contribution is 7.86. The molecule has 0 saturated carbocycles. The molecule has 0 saturated heterocycles. The Labute approximate surface area is 85.5 Å². The highest BCUT2D eigenvalue weighted by Gasteiger charge is 2.22. The quantitative estimate of drug-likeness (QED) is 0.440. The molecule has 0 bridgehead atoms. The van der Waals surface area contributed by atoms with Gasteiger partial charge in [-0.3, -0.25) is 4.55 Å². The minimum absolute atomic E-state index is 0.127. The highest BCUT2D eigenvalue weighted by atomic mass is 32.2. The van der Waals surface area contributed by atoms with E-state index in [1.165, 1.54) is 0 Å². The lowest BCUT2D eigenvalue weighted by atomic mass is 10.1. The second-order valence-electron chi connectivity index (χ2n) is 2.69. The molecule has 1 aromatic rings. The van der Waals surface area contributed by atoms with Crippen LogP contribution in [0.15, 0.2) is 17.5 Å². The molecule has 15 heavy (non-hydrogen) atoms. The Bertz CT molecular complexity index is 516. The molecule has 0 heterocycles. The second kappa shape index (κ2) is 3.44. The van der Waals surface area contributed by atoms with E-state index in [9.17, 15) is 13.5 Å². The van der Waals surface area contributed by atoms with Crippen molar-refractivity contribution in [1.82, 2.24) is 0 Å². The van der Waals surface area contributed by atoms with Crippen LogP contribution in [-0.4, -0.2) is 28.3 Å². The first-order valence-corrected chi connectivity index (χ1v) is 5.11. The summed E-state index contributed by atoms with van der Waals surface area (Å²) in [5.41, 5.74) is -0.127. The molecular formula is C8H8O6S. The maximum Gasteiger partial charge on any atom is 0.298 e. The van der Waals surface area contributed by atoms with Gasteiger partial charge in [0.2, 0.25) is 5.75 Å². The Morgan fingerprint density at radius 3 is 2.07 bits per heavy atom. The fraction of sp³-hybridized carbons (Fsp3) is 0. The van der Waals surface area contributed by atoms with Crippen molar-refractivity contribution >= 4 is 16.2 Å². The predicted molar refractivity (Wildman–Crippen MR) is 51.3 cm³/mol. The van der Waals surface area contributed by atoms with Gasteiger partial charge in [-0.2, -0.15) is 8.42 Å². The number of hydrogen-bond acceptors (Lipinski definition) is 5. The molecular weight excluding hydrogens is 224 g/mol. The van der Waals surface area contributed by atoms with E-state index in [2.05, 4.69) is 6.58 Å². The summed E-state index contributed by atoms with van der Waals surface area (Å²) < 4.78 is 30.2. The third-order valence-electron chi connectivity index (χ3n) is 1.74. The standard InChI is InChI=1S/C8H8O6S/c1-2-4-3-5(15(12,13)14)7(10)8(11)6(4)9/h2-3,9-11H,1H2,(H,12,13,14). The molecule has 1 aromatic carbocycles. The summed E-state index contributed by atoms with van der Waals surface area (Å²) in [6.07, 6.45) is 1.06. The summed E-state index contributed by atoms with van der Waals surface area (Å²) >= 11 is 0. The number of phenolic OH excluding ortho intramolecular Hbond substituents is 3. The van der Waals surface area contributed by atoms with E-state index in [0.717, 1.165) is 12.1 Å². The smallest absolute Gasteiger partial charge is 0.298 e. The molecule has 0 spiro atoms. The Morgan fingerprint density at radius 2 is 1.67 bits per heavy atom. The Kier molecular flexibility index (Phi) is 2.61. The molecule has 0 amide bonds. The Morgan fingerprint density at radius 1 is 1.13 bits per heavy atom. The van der Waals surface area contributed by atoms with Crippen LogP contribution in [0.5, 0.6) is 17.2 Å². The van der Waals surface area contributed by atoms with Gasteiger partial charge in [0.05, 0.1) is 0 Å². The van der Waals surface area contributed by atoms with Gasteiger partial charge in [-0.05, 0) is 6.07 Å². The van der Waals surface area contributed by atoms with Crippen molar-refractivity contribution in [1.29, 1.82) is 0 Å². The van der Waals surface area contributed by atoms with Crippen molar-refractivity contribution in [2.24, 2.45) is 0 Å². The van der Waals surface area contributed by atoms with E-state index in [0.29, 0.717) is 0 Å². The van der Waals surface area contributed by atoms with Crippen molar-refractivity contribution in [3.05, 3.63) is 18.2 Å². The zero-order valence-corrected chi connectivity index (χ0v) is 8.19. The topological polar surface area (TPSA) is 115 Å². The van der Waals surface area contributed by atoms with E-state index in [1.807, 2.05) is 0 Å². The van der Waals surface area contributed by atoms with E-state index < -0.39 is 32.3 Å². The third-order valence-corrected chi connectivity index (χ3v) is 2.61. The summed E-state index contributed by atoms with van der Waals surface area (Å²) in [7, 11) is -4.67. The lowest BCUT2D eigenvalue weighted by Crippen LogP contribution is -1.99. The van der Waals surface area contributed by atoms with Gasteiger partial charge in [0.25, 0.3) is 10.1 Å². The van der Waals surface area contributed by atoms with Gasteiger partial charge in [-0.1, -0.05) is 12.7 Å². The molecule has 82 valence electrons. The van der Waals surface area contributed by atoms with Crippen LogP contribution >= 0.6 is 0 Å². The Balaban J connectivity index is 3.71.